The number of nitrogens with zero attached hydrogens (tertiary/aromatic N) is 5. The van der Waals surface area contributed by atoms with Gasteiger partial charge in [-0.05, 0) is 38.1 Å². The van der Waals surface area contributed by atoms with Crippen LogP contribution in [0.2, 0.25) is 0 Å². The van der Waals surface area contributed by atoms with Crippen LogP contribution in [0, 0.1) is 13.8 Å². The molecule has 8 nitrogen and oxygen atoms in total. The van der Waals surface area contributed by atoms with E-state index in [0.717, 1.165) is 5.69 Å². The first-order valence-electron chi connectivity index (χ1n) is 8.93. The molecule has 0 radical (unpaired) electrons. The van der Waals surface area contributed by atoms with Gasteiger partial charge >= 0.3 is 6.61 Å². The summed E-state index contributed by atoms with van der Waals surface area (Å²) >= 11 is 0. The lowest BCUT2D eigenvalue weighted by atomic mass is 10.2. The molecule has 3 heterocycles. The first-order chi connectivity index (χ1) is 13.4. The quantitative estimate of drug-likeness (QED) is 0.734. The van der Waals surface area contributed by atoms with Crippen LogP contribution in [0.25, 0.3) is 5.78 Å². The normalized spacial score (nSPS) is 14.9. The van der Waals surface area contributed by atoms with E-state index in [1.54, 1.807) is 19.1 Å². The van der Waals surface area contributed by atoms with Crippen molar-refractivity contribution in [2.24, 2.45) is 0 Å². The summed E-state index contributed by atoms with van der Waals surface area (Å²) in [6.45, 7) is 3.44. The fourth-order valence-electron chi connectivity index (χ4n) is 3.51. The van der Waals surface area contributed by atoms with Gasteiger partial charge in [-0.15, -0.1) is 0 Å². The van der Waals surface area contributed by atoms with Crippen LogP contribution in [-0.4, -0.2) is 52.4 Å². The third-order valence-electron chi connectivity index (χ3n) is 4.78. The van der Waals surface area contributed by atoms with Gasteiger partial charge in [0.15, 0.2) is 0 Å². The molecule has 1 saturated heterocycles. The van der Waals surface area contributed by atoms with E-state index in [-0.39, 0.29) is 11.3 Å². The summed E-state index contributed by atoms with van der Waals surface area (Å²) in [7, 11) is 0. The first-order valence-corrected chi connectivity index (χ1v) is 8.93. The number of aromatic nitrogens is 4. The molecule has 0 aliphatic carbocycles. The number of nitrogens with one attached hydrogen (secondary N) is 1. The number of benzene rings is 1. The van der Waals surface area contributed by atoms with Crippen LogP contribution in [0.1, 0.15) is 11.5 Å². The molecule has 2 aromatic heterocycles. The Bertz CT molecular complexity index is 1040. The molecule has 0 unspecified atom stereocenters. The molecule has 1 aromatic carbocycles. The number of rotatable bonds is 4. The summed E-state index contributed by atoms with van der Waals surface area (Å²) in [6, 6.07) is 6.58. The van der Waals surface area contributed by atoms with Crippen molar-refractivity contribution in [2.75, 3.05) is 36.0 Å². The van der Waals surface area contributed by atoms with Crippen LogP contribution >= 0.6 is 0 Å². The summed E-state index contributed by atoms with van der Waals surface area (Å²) < 4.78 is 30.3. The highest BCUT2D eigenvalue weighted by molar-refractivity contribution is 5.55. The standard InChI is InChI=1S/C18H20F2N6O2/c1-11-15(16(27)26-18(21-11)22-12(2)23-26)25-9-7-24(8-10-25)13-3-5-14(6-4-13)28-17(19)20/h3-6,17H,7-10H2,1-2H3,(H,21,22,23). The molecule has 1 fully saturated rings. The molecule has 148 valence electrons. The third-order valence-corrected chi connectivity index (χ3v) is 4.78. The second kappa shape index (κ2) is 7.10. The molecule has 28 heavy (non-hydrogen) atoms. The highest BCUT2D eigenvalue weighted by Gasteiger charge is 2.23. The lowest BCUT2D eigenvalue weighted by molar-refractivity contribution is -0.0498. The number of ether oxygens (including phenoxy) is 1. The van der Waals surface area contributed by atoms with Crippen molar-refractivity contribution in [3.05, 3.63) is 46.1 Å². The molecule has 1 aliphatic rings. The molecule has 4 rings (SSSR count). The van der Waals surface area contributed by atoms with Gasteiger partial charge in [-0.2, -0.15) is 18.3 Å². The molecule has 1 aliphatic heterocycles. The lowest BCUT2D eigenvalue weighted by Gasteiger charge is -2.37. The Morgan fingerprint density at radius 2 is 1.68 bits per heavy atom. The van der Waals surface area contributed by atoms with Gasteiger partial charge in [-0.1, -0.05) is 0 Å². The topological polar surface area (TPSA) is 78.8 Å². The molecule has 3 aromatic rings. The summed E-state index contributed by atoms with van der Waals surface area (Å²) in [5.74, 6) is 1.13. The van der Waals surface area contributed by atoms with Gasteiger partial charge in [0.1, 0.15) is 17.3 Å². The second-order valence-electron chi connectivity index (χ2n) is 6.64. The van der Waals surface area contributed by atoms with Crippen molar-refractivity contribution in [1.29, 1.82) is 0 Å². The zero-order chi connectivity index (χ0) is 19.8. The van der Waals surface area contributed by atoms with Gasteiger partial charge in [-0.3, -0.25) is 9.89 Å². The number of anilines is 2. The average molecular weight is 390 g/mol. The molecule has 0 amide bonds. The van der Waals surface area contributed by atoms with Crippen molar-refractivity contribution >= 4 is 17.2 Å². The van der Waals surface area contributed by atoms with Crippen LogP contribution in [0.15, 0.2) is 29.1 Å². The van der Waals surface area contributed by atoms with E-state index in [4.69, 9.17) is 0 Å². The van der Waals surface area contributed by atoms with Gasteiger partial charge < -0.3 is 14.5 Å². The molecule has 0 atom stereocenters. The minimum Gasteiger partial charge on any atom is -0.435 e. The molecular formula is C18H20F2N6O2. The number of alkyl halides is 2. The SMILES string of the molecule is Cc1nc2nc(C)c(N3CCN(c4ccc(OC(F)F)cc4)CC3)c(=O)n2[nH]1. The molecule has 10 heteroatoms. The zero-order valence-corrected chi connectivity index (χ0v) is 15.5. The molecule has 0 bridgehead atoms. The molecule has 1 N–H and O–H groups in total. The van der Waals surface area contributed by atoms with Crippen LogP contribution in [0.4, 0.5) is 20.2 Å². The summed E-state index contributed by atoms with van der Waals surface area (Å²) in [5, 5.41) is 2.91. The Labute approximate surface area is 159 Å². The average Bonchev–Trinajstić information content (AvgIpc) is 3.03. The predicted molar refractivity (Wildman–Crippen MR) is 101 cm³/mol. The van der Waals surface area contributed by atoms with E-state index >= 15 is 0 Å². The molecular weight excluding hydrogens is 370 g/mol. The van der Waals surface area contributed by atoms with E-state index < -0.39 is 6.61 Å². The maximum atomic E-state index is 12.9. The fraction of sp³-hybridized carbons (Fsp3) is 0.389. The summed E-state index contributed by atoms with van der Waals surface area (Å²) in [5.41, 5.74) is 1.98. The fourth-order valence-corrected chi connectivity index (χ4v) is 3.51. The van der Waals surface area contributed by atoms with Crippen molar-refractivity contribution < 1.29 is 13.5 Å². The van der Waals surface area contributed by atoms with E-state index in [9.17, 15) is 13.6 Å². The number of halogens is 2. The second-order valence-corrected chi connectivity index (χ2v) is 6.64. The van der Waals surface area contributed by atoms with Gasteiger partial charge in [0.25, 0.3) is 11.3 Å². The number of hydrogen-bond donors (Lipinski definition) is 1. The Morgan fingerprint density at radius 1 is 1.04 bits per heavy atom. The molecule has 0 spiro atoms. The molecule has 0 saturated carbocycles. The smallest absolute Gasteiger partial charge is 0.387 e. The highest BCUT2D eigenvalue weighted by Crippen LogP contribution is 2.23. The number of H-pyrrole nitrogens is 1. The van der Waals surface area contributed by atoms with Crippen molar-refractivity contribution in [3.63, 3.8) is 0 Å². The van der Waals surface area contributed by atoms with Crippen LogP contribution in [0.5, 0.6) is 5.75 Å². The van der Waals surface area contributed by atoms with Gasteiger partial charge in [0.2, 0.25) is 0 Å². The van der Waals surface area contributed by atoms with Crippen LogP contribution < -0.4 is 20.1 Å². The number of fused-ring (bicyclic) bond motifs is 1. The summed E-state index contributed by atoms with van der Waals surface area (Å²) in [4.78, 5) is 25.7. The van der Waals surface area contributed by atoms with Crippen molar-refractivity contribution in [1.82, 2.24) is 19.6 Å². The van der Waals surface area contributed by atoms with Gasteiger partial charge in [-0.25, -0.2) is 4.98 Å². The lowest BCUT2D eigenvalue weighted by Crippen LogP contribution is -2.48. The Morgan fingerprint density at radius 3 is 2.32 bits per heavy atom. The Kier molecular flexibility index (Phi) is 4.62. The van der Waals surface area contributed by atoms with E-state index in [1.807, 2.05) is 11.8 Å². The Hall–Kier alpha value is -3.17. The largest absolute Gasteiger partial charge is 0.435 e. The van der Waals surface area contributed by atoms with Crippen LogP contribution in [-0.2, 0) is 0 Å². The zero-order valence-electron chi connectivity index (χ0n) is 15.5. The number of piperazine rings is 1. The minimum absolute atomic E-state index is 0.134. The van der Waals surface area contributed by atoms with Crippen LogP contribution in [0.3, 0.4) is 0 Å². The Balaban J connectivity index is 1.50. The van der Waals surface area contributed by atoms with E-state index in [0.29, 0.717) is 49.2 Å². The maximum absolute atomic E-state index is 12.9. The monoisotopic (exact) mass is 390 g/mol. The van der Waals surface area contributed by atoms with Crippen molar-refractivity contribution in [3.8, 4) is 5.75 Å². The highest BCUT2D eigenvalue weighted by atomic mass is 19.3. The van der Waals surface area contributed by atoms with E-state index in [2.05, 4.69) is 24.7 Å². The van der Waals surface area contributed by atoms with Gasteiger partial charge in [0, 0.05) is 31.9 Å². The predicted octanol–water partition coefficient (Wildman–Crippen LogP) is 1.96. The van der Waals surface area contributed by atoms with Gasteiger partial charge in [0.05, 0.1) is 5.69 Å². The minimum atomic E-state index is -2.83. The first kappa shape index (κ1) is 18.2. The number of aromatic amines is 1. The summed E-state index contributed by atoms with van der Waals surface area (Å²) in [6.07, 6.45) is 0. The van der Waals surface area contributed by atoms with E-state index in [1.165, 1.54) is 16.6 Å². The van der Waals surface area contributed by atoms with Crippen molar-refractivity contribution in [2.45, 2.75) is 20.5 Å². The number of hydrogen-bond acceptors (Lipinski definition) is 6. The number of aryl methyl sites for hydroxylation is 2. The third kappa shape index (κ3) is 3.37. The maximum Gasteiger partial charge on any atom is 0.387 e.